The van der Waals surface area contributed by atoms with Gasteiger partial charge in [-0.2, -0.15) is 13.2 Å². The summed E-state index contributed by atoms with van der Waals surface area (Å²) in [7, 11) is 3.50. The summed E-state index contributed by atoms with van der Waals surface area (Å²) < 4.78 is 50.3. The lowest BCUT2D eigenvalue weighted by Gasteiger charge is -2.11. The molecule has 0 atom stereocenters. The van der Waals surface area contributed by atoms with Crippen LogP contribution in [-0.4, -0.2) is 31.3 Å². The van der Waals surface area contributed by atoms with Crippen LogP contribution in [0.2, 0.25) is 0 Å². The molecule has 2 nitrogen and oxygen atoms in total. The number of benzene rings is 1. The molecule has 0 radical (unpaired) electrons. The second kappa shape index (κ2) is 5.48. The Balaban J connectivity index is 2.95. The second-order valence-electron chi connectivity index (χ2n) is 4.17. The second-order valence-corrected chi connectivity index (χ2v) is 4.17. The molecule has 0 aliphatic carbocycles. The van der Waals surface area contributed by atoms with Crippen LogP contribution in [-0.2, 0) is 6.18 Å². The van der Waals surface area contributed by atoms with Gasteiger partial charge in [-0.1, -0.05) is 0 Å². The summed E-state index contributed by atoms with van der Waals surface area (Å²) in [5.41, 5.74) is -1.52. The molecule has 0 spiro atoms. The molecule has 0 unspecified atom stereocenters. The number of alkyl halides is 3. The lowest BCUT2D eigenvalue weighted by molar-refractivity contribution is -0.140. The Hall–Kier alpha value is -1.43. The number of carbonyl (C=O) groups is 1. The van der Waals surface area contributed by atoms with Crippen LogP contribution in [0.4, 0.5) is 17.6 Å². The highest BCUT2D eigenvalue weighted by Crippen LogP contribution is 2.32. The van der Waals surface area contributed by atoms with Crippen molar-refractivity contribution >= 4 is 5.78 Å². The van der Waals surface area contributed by atoms with E-state index in [1.165, 1.54) is 0 Å². The molecular formula is C12H13F4NO. The molecule has 18 heavy (non-hydrogen) atoms. The zero-order valence-electron chi connectivity index (χ0n) is 10.0. The minimum Gasteiger partial charge on any atom is -0.309 e. The minimum atomic E-state index is -4.79. The van der Waals surface area contributed by atoms with Crippen molar-refractivity contribution in [1.29, 1.82) is 0 Å². The van der Waals surface area contributed by atoms with Crippen LogP contribution in [0.25, 0.3) is 0 Å². The summed E-state index contributed by atoms with van der Waals surface area (Å²) in [5.74, 6) is -1.80. The van der Waals surface area contributed by atoms with Crippen molar-refractivity contribution < 1.29 is 22.4 Å². The molecule has 6 heteroatoms. The van der Waals surface area contributed by atoms with Gasteiger partial charge in [0.25, 0.3) is 0 Å². The number of hydrogen-bond donors (Lipinski definition) is 0. The fourth-order valence-corrected chi connectivity index (χ4v) is 1.39. The van der Waals surface area contributed by atoms with Crippen molar-refractivity contribution in [2.45, 2.75) is 12.6 Å². The Bertz CT molecular complexity index is 440. The maximum Gasteiger partial charge on any atom is 0.419 e. The van der Waals surface area contributed by atoms with Crippen molar-refractivity contribution in [3.8, 4) is 0 Å². The van der Waals surface area contributed by atoms with Crippen LogP contribution in [0, 0.1) is 5.82 Å². The summed E-state index contributed by atoms with van der Waals surface area (Å²) in [6, 6.07) is 2.31. The highest BCUT2D eigenvalue weighted by Gasteiger charge is 2.34. The monoisotopic (exact) mass is 263 g/mol. The average molecular weight is 263 g/mol. The average Bonchev–Trinajstić information content (AvgIpc) is 2.24. The molecule has 0 N–H and O–H groups in total. The molecule has 0 amide bonds. The summed E-state index contributed by atoms with van der Waals surface area (Å²) in [6.45, 7) is 0.428. The van der Waals surface area contributed by atoms with Gasteiger partial charge in [-0.15, -0.1) is 0 Å². The van der Waals surface area contributed by atoms with E-state index in [0.29, 0.717) is 18.7 Å². The Morgan fingerprint density at radius 2 is 1.89 bits per heavy atom. The van der Waals surface area contributed by atoms with Gasteiger partial charge in [0.1, 0.15) is 5.82 Å². The molecule has 100 valence electrons. The van der Waals surface area contributed by atoms with Crippen LogP contribution in [0.5, 0.6) is 0 Å². The molecule has 0 fully saturated rings. The van der Waals surface area contributed by atoms with Gasteiger partial charge in [-0.25, -0.2) is 4.39 Å². The lowest BCUT2D eigenvalue weighted by atomic mass is 10.0. The molecule has 0 saturated carbocycles. The number of carbonyl (C=O) groups excluding carboxylic acids is 1. The van der Waals surface area contributed by atoms with E-state index in [1.807, 2.05) is 0 Å². The van der Waals surface area contributed by atoms with Crippen molar-refractivity contribution in [1.82, 2.24) is 4.90 Å². The van der Waals surface area contributed by atoms with E-state index in [9.17, 15) is 22.4 Å². The lowest BCUT2D eigenvalue weighted by Crippen LogP contribution is -2.17. The number of hydrogen-bond acceptors (Lipinski definition) is 2. The van der Waals surface area contributed by atoms with Crippen molar-refractivity contribution in [3.63, 3.8) is 0 Å². The van der Waals surface area contributed by atoms with Crippen molar-refractivity contribution in [2.75, 3.05) is 20.6 Å². The molecule has 1 aromatic rings. The van der Waals surface area contributed by atoms with E-state index in [-0.39, 0.29) is 12.0 Å². The smallest absolute Gasteiger partial charge is 0.309 e. The SMILES string of the molecule is CN(C)CCC(=O)c1ccc(F)c(C(F)(F)F)c1. The fourth-order valence-electron chi connectivity index (χ4n) is 1.39. The topological polar surface area (TPSA) is 20.3 Å². The maximum atomic E-state index is 13.0. The summed E-state index contributed by atoms with van der Waals surface area (Å²) in [4.78, 5) is 13.4. The van der Waals surface area contributed by atoms with Crippen LogP contribution in [0.15, 0.2) is 18.2 Å². The van der Waals surface area contributed by atoms with Crippen molar-refractivity contribution in [3.05, 3.63) is 35.1 Å². The third kappa shape index (κ3) is 3.80. The van der Waals surface area contributed by atoms with E-state index in [1.54, 1.807) is 19.0 Å². The third-order valence-electron chi connectivity index (χ3n) is 2.38. The molecule has 0 bridgehead atoms. The van der Waals surface area contributed by atoms with Gasteiger partial charge in [-0.05, 0) is 32.3 Å². The minimum absolute atomic E-state index is 0.0932. The number of halogens is 4. The van der Waals surface area contributed by atoms with E-state index in [2.05, 4.69) is 0 Å². The zero-order chi connectivity index (χ0) is 13.9. The van der Waals surface area contributed by atoms with Crippen LogP contribution in [0.1, 0.15) is 22.3 Å². The highest BCUT2D eigenvalue weighted by molar-refractivity contribution is 5.96. The molecule has 0 aliphatic heterocycles. The number of ketones is 1. The predicted octanol–water partition coefficient (Wildman–Crippen LogP) is 2.98. The molecule has 0 aromatic heterocycles. The quantitative estimate of drug-likeness (QED) is 0.615. The number of rotatable bonds is 4. The van der Waals surface area contributed by atoms with Gasteiger partial charge >= 0.3 is 6.18 Å². The van der Waals surface area contributed by atoms with Gasteiger partial charge in [0.2, 0.25) is 0 Å². The van der Waals surface area contributed by atoms with E-state index in [0.717, 1.165) is 6.07 Å². The summed E-state index contributed by atoms with van der Waals surface area (Å²) >= 11 is 0. The van der Waals surface area contributed by atoms with Gasteiger partial charge in [0.05, 0.1) is 5.56 Å². The highest BCUT2D eigenvalue weighted by atomic mass is 19.4. The first-order chi connectivity index (χ1) is 8.21. The Morgan fingerprint density at radius 1 is 1.28 bits per heavy atom. The normalized spacial score (nSPS) is 11.9. The van der Waals surface area contributed by atoms with Crippen molar-refractivity contribution in [2.24, 2.45) is 0 Å². The molecule has 1 aromatic carbocycles. The zero-order valence-corrected chi connectivity index (χ0v) is 10.0. The first-order valence-corrected chi connectivity index (χ1v) is 5.26. The van der Waals surface area contributed by atoms with Gasteiger partial charge in [0.15, 0.2) is 5.78 Å². The number of Topliss-reactive ketones (excluding diaryl/α,β-unsaturated/α-hetero) is 1. The fraction of sp³-hybridized carbons (Fsp3) is 0.417. The Kier molecular flexibility index (Phi) is 4.45. The molecule has 0 aliphatic rings. The van der Waals surface area contributed by atoms with Gasteiger partial charge in [0, 0.05) is 18.5 Å². The van der Waals surface area contributed by atoms with Crippen LogP contribution in [0.3, 0.4) is 0 Å². The predicted molar refractivity (Wildman–Crippen MR) is 58.9 cm³/mol. The van der Waals surface area contributed by atoms with Crippen LogP contribution < -0.4 is 0 Å². The first-order valence-electron chi connectivity index (χ1n) is 5.26. The third-order valence-corrected chi connectivity index (χ3v) is 2.38. The van der Waals surface area contributed by atoms with Crippen LogP contribution >= 0.6 is 0 Å². The largest absolute Gasteiger partial charge is 0.419 e. The Morgan fingerprint density at radius 3 is 2.39 bits per heavy atom. The van der Waals surface area contributed by atoms with Gasteiger partial charge in [-0.3, -0.25) is 4.79 Å². The summed E-state index contributed by atoms with van der Waals surface area (Å²) in [6.07, 6.45) is -4.70. The van der Waals surface area contributed by atoms with E-state index in [4.69, 9.17) is 0 Å². The first kappa shape index (κ1) is 14.6. The van der Waals surface area contributed by atoms with Gasteiger partial charge < -0.3 is 4.90 Å². The molecule has 0 heterocycles. The molecule has 0 saturated heterocycles. The number of nitrogens with zero attached hydrogens (tertiary/aromatic N) is 1. The van der Waals surface area contributed by atoms with E-state index >= 15 is 0 Å². The Labute approximate surface area is 102 Å². The maximum absolute atomic E-state index is 13.0. The molecule has 1 rings (SSSR count). The molecular weight excluding hydrogens is 250 g/mol. The summed E-state index contributed by atoms with van der Waals surface area (Å²) in [5, 5.41) is 0. The van der Waals surface area contributed by atoms with E-state index < -0.39 is 23.3 Å². The standard InChI is InChI=1S/C12H13F4NO/c1-17(2)6-5-11(18)8-3-4-10(13)9(7-8)12(14,15)16/h3-4,7H,5-6H2,1-2H3.